The molecule has 8 nitrogen and oxygen atoms in total. The molecule has 132 valence electrons. The molecule has 1 aromatic carbocycles. The van der Waals surface area contributed by atoms with E-state index in [-0.39, 0.29) is 11.9 Å². The molecule has 0 spiro atoms. The first-order valence-electron chi connectivity index (χ1n) is 8.82. The Morgan fingerprint density at radius 2 is 2.04 bits per heavy atom. The largest absolute Gasteiger partial charge is 0.313 e. The van der Waals surface area contributed by atoms with Gasteiger partial charge in [0.05, 0.1) is 29.8 Å². The fourth-order valence-electron chi connectivity index (χ4n) is 3.79. The van der Waals surface area contributed by atoms with Gasteiger partial charge in [0.1, 0.15) is 6.04 Å². The third-order valence-electron chi connectivity index (χ3n) is 5.19. The van der Waals surface area contributed by atoms with Crippen LogP contribution in [0.4, 0.5) is 5.82 Å². The molecule has 5 rings (SSSR count). The quantitative estimate of drug-likeness (QED) is 0.706. The van der Waals surface area contributed by atoms with Gasteiger partial charge in [0, 0.05) is 43.7 Å². The van der Waals surface area contributed by atoms with Gasteiger partial charge in [-0.15, -0.1) is 0 Å². The van der Waals surface area contributed by atoms with Crippen LogP contribution < -0.4 is 10.2 Å². The fraction of sp³-hybridized carbons (Fsp3) is 0.333. The molecule has 0 radical (unpaired) electrons. The first-order valence-corrected chi connectivity index (χ1v) is 8.82. The number of aromatic nitrogens is 4. The van der Waals surface area contributed by atoms with Crippen molar-refractivity contribution in [3.63, 3.8) is 0 Å². The molecule has 0 bridgehead atoms. The minimum absolute atomic E-state index is 0.0985. The highest BCUT2D eigenvalue weighted by Gasteiger charge is 2.37. The Balaban J connectivity index is 1.43. The van der Waals surface area contributed by atoms with Crippen molar-refractivity contribution in [2.45, 2.75) is 6.04 Å². The van der Waals surface area contributed by atoms with Crippen molar-refractivity contribution >= 4 is 22.6 Å². The van der Waals surface area contributed by atoms with Crippen LogP contribution >= 0.6 is 0 Å². The molecule has 2 aliphatic heterocycles. The van der Waals surface area contributed by atoms with Crippen LogP contribution in [0.5, 0.6) is 0 Å². The van der Waals surface area contributed by atoms with E-state index in [9.17, 15) is 4.79 Å². The topological polar surface area (TPSA) is 90.0 Å². The number of rotatable bonds is 2. The molecule has 0 aliphatic carbocycles. The summed E-state index contributed by atoms with van der Waals surface area (Å²) >= 11 is 0. The Kier molecular flexibility index (Phi) is 3.65. The van der Waals surface area contributed by atoms with Crippen molar-refractivity contribution in [2.75, 3.05) is 37.6 Å². The molecular weight excluding hydrogens is 330 g/mol. The highest BCUT2D eigenvalue weighted by molar-refractivity contribution is 5.97. The molecule has 2 N–H and O–H groups in total. The van der Waals surface area contributed by atoms with Crippen LogP contribution in [-0.2, 0) is 4.79 Å². The zero-order valence-electron chi connectivity index (χ0n) is 14.2. The maximum Gasteiger partial charge on any atom is 0.246 e. The van der Waals surface area contributed by atoms with E-state index < -0.39 is 0 Å². The van der Waals surface area contributed by atoms with E-state index >= 15 is 0 Å². The lowest BCUT2D eigenvalue weighted by Gasteiger charge is -2.42. The molecule has 1 atom stereocenters. The van der Waals surface area contributed by atoms with E-state index in [0.29, 0.717) is 18.9 Å². The van der Waals surface area contributed by atoms with E-state index in [1.807, 2.05) is 18.2 Å². The molecule has 2 fully saturated rings. The van der Waals surface area contributed by atoms with Gasteiger partial charge < -0.3 is 5.32 Å². The highest BCUT2D eigenvalue weighted by Crippen LogP contribution is 2.26. The molecule has 2 saturated heterocycles. The van der Waals surface area contributed by atoms with Gasteiger partial charge in [0.25, 0.3) is 0 Å². The van der Waals surface area contributed by atoms with E-state index in [4.69, 9.17) is 0 Å². The number of amides is 1. The minimum Gasteiger partial charge on any atom is -0.313 e. The molecular formula is C18H19N7O. The van der Waals surface area contributed by atoms with Gasteiger partial charge in [-0.25, -0.2) is 4.98 Å². The Bertz CT molecular complexity index is 952. The van der Waals surface area contributed by atoms with Gasteiger partial charge in [-0.2, -0.15) is 5.10 Å². The fourth-order valence-corrected chi connectivity index (χ4v) is 3.79. The monoisotopic (exact) mass is 349 g/mol. The number of H-pyrrole nitrogens is 1. The van der Waals surface area contributed by atoms with Crippen molar-refractivity contribution in [3.05, 3.63) is 36.8 Å². The van der Waals surface area contributed by atoms with Crippen LogP contribution in [-0.4, -0.2) is 69.7 Å². The summed E-state index contributed by atoms with van der Waals surface area (Å²) in [6.45, 7) is 4.08. The van der Waals surface area contributed by atoms with Crippen LogP contribution in [0.1, 0.15) is 0 Å². The maximum absolute atomic E-state index is 12.8. The molecule has 3 aromatic rings. The van der Waals surface area contributed by atoms with Crippen LogP contribution in [0.2, 0.25) is 0 Å². The summed E-state index contributed by atoms with van der Waals surface area (Å²) in [6, 6.07) is 5.84. The summed E-state index contributed by atoms with van der Waals surface area (Å²) in [5.41, 5.74) is 2.71. The lowest BCUT2D eigenvalue weighted by atomic mass is 10.1. The molecule has 2 aromatic heterocycles. The Hall–Kier alpha value is -2.84. The standard InChI is InChI=1S/C18H19N7O/c26-18-16-10-19-4-5-24(16)6-7-25(18)17-11-20-15(9-21-17)12-2-1-3-14-13(12)8-22-23-14/h1-3,8-9,11,16,19H,4-7,10H2,(H,22,23)/t16-/m1/s1. The van der Waals surface area contributed by atoms with Gasteiger partial charge in [-0.1, -0.05) is 12.1 Å². The minimum atomic E-state index is -0.0985. The number of aromatic amines is 1. The molecule has 0 saturated carbocycles. The van der Waals surface area contributed by atoms with Crippen molar-refractivity contribution in [2.24, 2.45) is 0 Å². The van der Waals surface area contributed by atoms with Crippen LogP contribution in [0.3, 0.4) is 0 Å². The first-order chi connectivity index (χ1) is 12.8. The summed E-state index contributed by atoms with van der Waals surface area (Å²) in [5.74, 6) is 0.714. The number of nitrogens with zero attached hydrogens (tertiary/aromatic N) is 5. The van der Waals surface area contributed by atoms with Gasteiger partial charge in [0.15, 0.2) is 5.82 Å². The SMILES string of the molecule is O=C1[C@H]2CNCCN2CCN1c1cnc(-c2cccc3[nH]ncc23)cn1. The number of benzene rings is 1. The van der Waals surface area contributed by atoms with Gasteiger partial charge in [-0.3, -0.25) is 24.7 Å². The molecule has 4 heterocycles. The predicted octanol–water partition coefficient (Wildman–Crippen LogP) is 0.640. The number of carbonyl (C=O) groups excluding carboxylic acids is 1. The van der Waals surface area contributed by atoms with Crippen LogP contribution in [0.25, 0.3) is 22.2 Å². The molecule has 26 heavy (non-hydrogen) atoms. The molecule has 2 aliphatic rings. The normalized spacial score (nSPS) is 21.2. The van der Waals surface area contributed by atoms with E-state index in [1.165, 1.54) is 0 Å². The number of piperazine rings is 2. The summed E-state index contributed by atoms with van der Waals surface area (Å²) in [5, 5.41) is 11.4. The maximum atomic E-state index is 12.8. The average Bonchev–Trinajstić information content (AvgIpc) is 3.18. The van der Waals surface area contributed by atoms with E-state index in [0.717, 1.165) is 41.8 Å². The number of nitrogens with one attached hydrogen (secondary N) is 2. The van der Waals surface area contributed by atoms with Gasteiger partial charge >= 0.3 is 0 Å². The third-order valence-corrected chi connectivity index (χ3v) is 5.19. The van der Waals surface area contributed by atoms with Crippen molar-refractivity contribution in [3.8, 4) is 11.3 Å². The van der Waals surface area contributed by atoms with Crippen molar-refractivity contribution < 1.29 is 4.79 Å². The number of hydrogen-bond donors (Lipinski definition) is 2. The second kappa shape index (κ2) is 6.15. The smallest absolute Gasteiger partial charge is 0.246 e. The van der Waals surface area contributed by atoms with Gasteiger partial charge in [0.2, 0.25) is 5.91 Å². The Morgan fingerprint density at radius 3 is 2.92 bits per heavy atom. The summed E-state index contributed by atoms with van der Waals surface area (Å²) < 4.78 is 0. The number of fused-ring (bicyclic) bond motifs is 2. The summed E-state index contributed by atoms with van der Waals surface area (Å²) in [7, 11) is 0. The van der Waals surface area contributed by atoms with Gasteiger partial charge in [-0.05, 0) is 6.07 Å². The van der Waals surface area contributed by atoms with E-state index in [1.54, 1.807) is 23.5 Å². The lowest BCUT2D eigenvalue weighted by Crippen LogP contribution is -2.64. The van der Waals surface area contributed by atoms with Crippen LogP contribution in [0, 0.1) is 0 Å². The zero-order chi connectivity index (χ0) is 17.5. The third kappa shape index (κ3) is 2.46. The lowest BCUT2D eigenvalue weighted by molar-refractivity contribution is -0.126. The zero-order valence-corrected chi connectivity index (χ0v) is 14.2. The molecule has 8 heteroatoms. The number of carbonyl (C=O) groups is 1. The van der Waals surface area contributed by atoms with E-state index in [2.05, 4.69) is 30.4 Å². The highest BCUT2D eigenvalue weighted by atomic mass is 16.2. The van der Waals surface area contributed by atoms with Crippen molar-refractivity contribution in [1.82, 2.24) is 30.4 Å². The number of anilines is 1. The van der Waals surface area contributed by atoms with Crippen LogP contribution in [0.15, 0.2) is 36.8 Å². The summed E-state index contributed by atoms with van der Waals surface area (Å²) in [4.78, 5) is 25.9. The second-order valence-corrected chi connectivity index (χ2v) is 6.64. The Labute approximate surface area is 150 Å². The summed E-state index contributed by atoms with van der Waals surface area (Å²) in [6.07, 6.45) is 5.22. The first kappa shape index (κ1) is 15.4. The predicted molar refractivity (Wildman–Crippen MR) is 97.7 cm³/mol. The molecule has 1 amide bonds. The second-order valence-electron chi connectivity index (χ2n) is 6.64. The average molecular weight is 349 g/mol. The number of hydrogen-bond acceptors (Lipinski definition) is 6. The molecule has 0 unspecified atom stereocenters. The van der Waals surface area contributed by atoms with Crippen molar-refractivity contribution in [1.29, 1.82) is 0 Å². The Morgan fingerprint density at radius 1 is 1.08 bits per heavy atom.